The zero-order valence-electron chi connectivity index (χ0n) is 13.0. The predicted molar refractivity (Wildman–Crippen MR) is 84.8 cm³/mol. The maximum atomic E-state index is 12.3. The Morgan fingerprint density at radius 1 is 1.41 bits per heavy atom. The summed E-state index contributed by atoms with van der Waals surface area (Å²) in [6, 6.07) is 0.117. The first-order chi connectivity index (χ1) is 10.6. The highest BCUT2D eigenvalue weighted by atomic mass is 32.1. The smallest absolute Gasteiger partial charge is 0.271 e. The fraction of sp³-hybridized carbons (Fsp3) is 0.667. The molecule has 120 valence electrons. The zero-order valence-corrected chi connectivity index (χ0v) is 13.8. The van der Waals surface area contributed by atoms with E-state index in [1.54, 1.807) is 12.4 Å². The molecule has 7 heteroatoms. The molecule has 1 saturated heterocycles. The molecule has 3 rings (SSSR count). The van der Waals surface area contributed by atoms with Gasteiger partial charge in [-0.25, -0.2) is 4.98 Å². The van der Waals surface area contributed by atoms with Crippen LogP contribution in [0, 0.1) is 18.8 Å². The quantitative estimate of drug-likeness (QED) is 0.834. The van der Waals surface area contributed by atoms with Crippen LogP contribution in [0.5, 0.6) is 0 Å². The summed E-state index contributed by atoms with van der Waals surface area (Å²) in [6.07, 6.45) is 2.47. The van der Waals surface area contributed by atoms with E-state index in [9.17, 15) is 9.59 Å². The van der Waals surface area contributed by atoms with E-state index in [1.807, 2.05) is 6.92 Å². The minimum Gasteiger partial charge on any atom is -0.358 e. The molecule has 2 fully saturated rings. The molecule has 0 bridgehead atoms. The number of likely N-dealkylation sites (tertiary alicyclic amines) is 1. The minimum absolute atomic E-state index is 0.0247. The Kier molecular flexibility index (Phi) is 4.44. The van der Waals surface area contributed by atoms with Crippen LogP contribution in [-0.4, -0.2) is 54.4 Å². The number of nitrogens with zero attached hydrogens (tertiary/aromatic N) is 2. The van der Waals surface area contributed by atoms with Gasteiger partial charge in [0.2, 0.25) is 5.91 Å². The SMILES string of the molecule is CNC(=O)CN1C[C@@H](NC(=O)c2csc(C)n2)[C@H](C2CC2)C1. The van der Waals surface area contributed by atoms with Gasteiger partial charge < -0.3 is 10.6 Å². The molecule has 2 heterocycles. The van der Waals surface area contributed by atoms with Crippen molar-refractivity contribution in [1.29, 1.82) is 0 Å². The summed E-state index contributed by atoms with van der Waals surface area (Å²) in [7, 11) is 1.65. The topological polar surface area (TPSA) is 74.3 Å². The number of rotatable bonds is 5. The highest BCUT2D eigenvalue weighted by molar-refractivity contribution is 7.09. The molecule has 2 atom stereocenters. The average Bonchev–Trinajstić information content (AvgIpc) is 3.13. The molecule has 1 saturated carbocycles. The summed E-state index contributed by atoms with van der Waals surface area (Å²) in [5.41, 5.74) is 0.502. The normalized spacial score (nSPS) is 25.2. The Morgan fingerprint density at radius 3 is 2.77 bits per heavy atom. The van der Waals surface area contributed by atoms with Gasteiger partial charge in [0.05, 0.1) is 11.6 Å². The van der Waals surface area contributed by atoms with Crippen molar-refractivity contribution in [3.05, 3.63) is 16.1 Å². The second kappa shape index (κ2) is 6.34. The van der Waals surface area contributed by atoms with E-state index < -0.39 is 0 Å². The van der Waals surface area contributed by atoms with Crippen LogP contribution < -0.4 is 10.6 Å². The number of aryl methyl sites for hydroxylation is 1. The van der Waals surface area contributed by atoms with Gasteiger partial charge in [0.25, 0.3) is 5.91 Å². The van der Waals surface area contributed by atoms with Crippen LogP contribution in [-0.2, 0) is 4.79 Å². The molecule has 2 N–H and O–H groups in total. The number of thiazole rings is 1. The molecule has 0 unspecified atom stereocenters. The molecular weight excluding hydrogens is 300 g/mol. The van der Waals surface area contributed by atoms with E-state index >= 15 is 0 Å². The number of nitrogens with one attached hydrogen (secondary N) is 2. The Hall–Kier alpha value is -1.47. The summed E-state index contributed by atoms with van der Waals surface area (Å²) in [4.78, 5) is 30.3. The van der Waals surface area contributed by atoms with Crippen LogP contribution in [0.3, 0.4) is 0 Å². The van der Waals surface area contributed by atoms with Crippen LogP contribution >= 0.6 is 11.3 Å². The van der Waals surface area contributed by atoms with Gasteiger partial charge in [0, 0.05) is 31.6 Å². The van der Waals surface area contributed by atoms with Gasteiger partial charge >= 0.3 is 0 Å². The minimum atomic E-state index is -0.0956. The molecule has 0 radical (unpaired) electrons. The maximum absolute atomic E-state index is 12.3. The van der Waals surface area contributed by atoms with Gasteiger partial charge in [0.1, 0.15) is 5.69 Å². The van der Waals surface area contributed by atoms with Gasteiger partial charge in [-0.1, -0.05) is 0 Å². The highest BCUT2D eigenvalue weighted by Crippen LogP contribution is 2.41. The molecule has 1 aromatic heterocycles. The third kappa shape index (κ3) is 3.47. The van der Waals surface area contributed by atoms with Crippen molar-refractivity contribution in [3.8, 4) is 0 Å². The second-order valence-corrected chi connectivity index (χ2v) is 7.26. The first kappa shape index (κ1) is 15.4. The van der Waals surface area contributed by atoms with Crippen molar-refractivity contribution < 1.29 is 9.59 Å². The highest BCUT2D eigenvalue weighted by Gasteiger charge is 2.43. The van der Waals surface area contributed by atoms with E-state index in [2.05, 4.69) is 20.5 Å². The van der Waals surface area contributed by atoms with Crippen LogP contribution in [0.15, 0.2) is 5.38 Å². The van der Waals surface area contributed by atoms with E-state index in [1.165, 1.54) is 24.2 Å². The molecular formula is C15H22N4O2S. The molecule has 2 amide bonds. The van der Waals surface area contributed by atoms with Gasteiger partial charge in [-0.15, -0.1) is 11.3 Å². The Labute approximate surface area is 134 Å². The number of amides is 2. The van der Waals surface area contributed by atoms with Crippen molar-refractivity contribution in [3.63, 3.8) is 0 Å². The summed E-state index contributed by atoms with van der Waals surface area (Å²) in [6.45, 7) is 3.93. The summed E-state index contributed by atoms with van der Waals surface area (Å²) in [5, 5.41) is 8.49. The van der Waals surface area contributed by atoms with E-state index in [0.29, 0.717) is 24.1 Å². The molecule has 2 aliphatic rings. The van der Waals surface area contributed by atoms with Crippen molar-refractivity contribution in [2.24, 2.45) is 11.8 Å². The van der Waals surface area contributed by atoms with Crippen molar-refractivity contribution in [2.75, 3.05) is 26.7 Å². The van der Waals surface area contributed by atoms with E-state index in [-0.39, 0.29) is 17.9 Å². The first-order valence-corrected chi connectivity index (χ1v) is 8.60. The Bertz CT molecular complexity index is 570. The summed E-state index contributed by atoms with van der Waals surface area (Å²) >= 11 is 1.49. The van der Waals surface area contributed by atoms with Gasteiger partial charge in [0.15, 0.2) is 0 Å². The zero-order chi connectivity index (χ0) is 15.7. The number of hydrogen-bond donors (Lipinski definition) is 2. The predicted octanol–water partition coefficient (Wildman–Crippen LogP) is 0.638. The molecule has 1 aliphatic heterocycles. The fourth-order valence-corrected chi connectivity index (χ4v) is 3.78. The number of aromatic nitrogens is 1. The van der Waals surface area contributed by atoms with Gasteiger partial charge in [-0.3, -0.25) is 14.5 Å². The summed E-state index contributed by atoms with van der Waals surface area (Å²) < 4.78 is 0. The number of carbonyl (C=O) groups excluding carboxylic acids is 2. The van der Waals surface area contributed by atoms with Crippen LogP contribution in [0.4, 0.5) is 0 Å². The van der Waals surface area contributed by atoms with Crippen LogP contribution in [0.25, 0.3) is 0 Å². The Morgan fingerprint density at radius 2 is 2.18 bits per heavy atom. The molecule has 0 aromatic carbocycles. The molecule has 0 spiro atoms. The monoisotopic (exact) mass is 322 g/mol. The lowest BCUT2D eigenvalue weighted by Crippen LogP contribution is -2.42. The largest absolute Gasteiger partial charge is 0.358 e. The molecule has 1 aromatic rings. The Balaban J connectivity index is 1.63. The number of carbonyl (C=O) groups is 2. The lowest BCUT2D eigenvalue weighted by Gasteiger charge is -2.18. The standard InChI is InChI=1S/C15H22N4O2S/c1-9-17-13(8-22-9)15(21)18-12-6-19(7-14(20)16-2)5-11(12)10-3-4-10/h8,10-12H,3-7H2,1-2H3,(H,16,20)(H,18,21)/t11-,12+/m0/s1. The van der Waals surface area contributed by atoms with Crippen molar-refractivity contribution in [1.82, 2.24) is 20.5 Å². The van der Waals surface area contributed by atoms with E-state index in [4.69, 9.17) is 0 Å². The van der Waals surface area contributed by atoms with Crippen molar-refractivity contribution in [2.45, 2.75) is 25.8 Å². The molecule has 22 heavy (non-hydrogen) atoms. The van der Waals surface area contributed by atoms with Gasteiger partial charge in [-0.05, 0) is 31.6 Å². The van der Waals surface area contributed by atoms with Crippen LogP contribution in [0.1, 0.15) is 28.3 Å². The van der Waals surface area contributed by atoms with Gasteiger partial charge in [-0.2, -0.15) is 0 Å². The van der Waals surface area contributed by atoms with Crippen LogP contribution in [0.2, 0.25) is 0 Å². The third-order valence-electron chi connectivity index (χ3n) is 4.48. The summed E-state index contributed by atoms with van der Waals surface area (Å²) in [5.74, 6) is 1.07. The molecule has 1 aliphatic carbocycles. The second-order valence-electron chi connectivity index (χ2n) is 6.20. The maximum Gasteiger partial charge on any atom is 0.271 e. The average molecular weight is 322 g/mol. The number of likely N-dealkylation sites (N-methyl/N-ethyl adjacent to an activating group) is 1. The third-order valence-corrected chi connectivity index (χ3v) is 5.26. The first-order valence-electron chi connectivity index (χ1n) is 7.72. The molecule has 6 nitrogen and oxygen atoms in total. The number of hydrogen-bond acceptors (Lipinski definition) is 5. The van der Waals surface area contributed by atoms with E-state index in [0.717, 1.165) is 18.1 Å². The fourth-order valence-electron chi connectivity index (χ4n) is 3.19. The lowest BCUT2D eigenvalue weighted by molar-refractivity contribution is -0.121. The lowest BCUT2D eigenvalue weighted by atomic mass is 9.98. The van der Waals surface area contributed by atoms with Crippen molar-refractivity contribution >= 4 is 23.2 Å².